The average Bonchev–Trinajstić information content (AvgIpc) is 2.55. The number of nitrogens with zero attached hydrogens (tertiary/aromatic N) is 1. The Kier molecular flexibility index (Phi) is 9.08. The lowest BCUT2D eigenvalue weighted by Gasteiger charge is -2.27. The number of amides is 1. The minimum Gasteiger partial charge on any atom is -0.464 e. The van der Waals surface area contributed by atoms with Crippen LogP contribution in [0, 0.1) is 0 Å². The molecule has 1 amide bonds. The molecule has 0 aliphatic carbocycles. The van der Waals surface area contributed by atoms with Crippen LogP contribution in [0.25, 0.3) is 0 Å². The first-order valence-corrected chi connectivity index (χ1v) is 9.46. The van der Waals surface area contributed by atoms with Gasteiger partial charge in [0.2, 0.25) is 0 Å². The van der Waals surface area contributed by atoms with Crippen molar-refractivity contribution in [1.29, 1.82) is 0 Å². The number of benzene rings is 1. The van der Waals surface area contributed by atoms with Crippen molar-refractivity contribution in [3.8, 4) is 0 Å². The van der Waals surface area contributed by atoms with E-state index in [1.54, 1.807) is 20.8 Å². The SMILES string of the molecule is CCCCOC(=O)CN(CCCc1cc(N)ccc1[NH3+])C(=O)OC(C)(C)C. The molecule has 7 heteroatoms. The first-order chi connectivity index (χ1) is 12.6. The van der Waals surface area contributed by atoms with Crippen LogP contribution in [0.3, 0.4) is 0 Å². The largest absolute Gasteiger partial charge is 0.464 e. The second-order valence-electron chi connectivity index (χ2n) is 7.61. The Hall–Kier alpha value is -2.28. The van der Waals surface area contributed by atoms with E-state index >= 15 is 0 Å². The maximum absolute atomic E-state index is 12.5. The molecule has 0 bridgehead atoms. The maximum Gasteiger partial charge on any atom is 0.410 e. The Morgan fingerprint density at radius 3 is 2.56 bits per heavy atom. The van der Waals surface area contributed by atoms with E-state index in [0.717, 1.165) is 24.1 Å². The summed E-state index contributed by atoms with van der Waals surface area (Å²) in [5.74, 6) is -0.420. The molecule has 1 aromatic carbocycles. The quantitative estimate of drug-likeness (QED) is 0.389. The zero-order chi connectivity index (χ0) is 20.4. The summed E-state index contributed by atoms with van der Waals surface area (Å²) in [6.45, 7) is 8.04. The van der Waals surface area contributed by atoms with Crippen LogP contribution in [-0.4, -0.2) is 42.3 Å². The predicted octanol–water partition coefficient (Wildman–Crippen LogP) is 2.66. The van der Waals surface area contributed by atoms with Crippen LogP contribution in [0.15, 0.2) is 18.2 Å². The average molecular weight is 381 g/mol. The van der Waals surface area contributed by atoms with Gasteiger partial charge in [-0.05, 0) is 52.2 Å². The molecule has 0 fully saturated rings. The van der Waals surface area contributed by atoms with Crippen LogP contribution in [0.1, 0.15) is 52.5 Å². The monoisotopic (exact) mass is 380 g/mol. The summed E-state index contributed by atoms with van der Waals surface area (Å²) in [5.41, 5.74) is 11.8. The van der Waals surface area contributed by atoms with Crippen molar-refractivity contribution in [1.82, 2.24) is 4.90 Å². The van der Waals surface area contributed by atoms with E-state index < -0.39 is 17.7 Å². The molecule has 0 saturated carbocycles. The molecular weight excluding hydrogens is 346 g/mol. The molecule has 27 heavy (non-hydrogen) atoms. The topological polar surface area (TPSA) is 110 Å². The number of ether oxygens (including phenoxy) is 2. The fraction of sp³-hybridized carbons (Fsp3) is 0.600. The van der Waals surface area contributed by atoms with Crippen LogP contribution < -0.4 is 11.5 Å². The minimum atomic E-state index is -0.629. The highest BCUT2D eigenvalue weighted by molar-refractivity contribution is 5.78. The number of unbranched alkanes of at least 4 members (excludes halogenated alkanes) is 1. The van der Waals surface area contributed by atoms with Crippen LogP contribution in [-0.2, 0) is 20.7 Å². The van der Waals surface area contributed by atoms with Crippen molar-refractivity contribution in [3.63, 3.8) is 0 Å². The highest BCUT2D eigenvalue weighted by Crippen LogP contribution is 2.17. The predicted molar refractivity (Wildman–Crippen MR) is 105 cm³/mol. The fourth-order valence-corrected chi connectivity index (χ4v) is 2.43. The second kappa shape index (κ2) is 10.8. The van der Waals surface area contributed by atoms with E-state index in [0.29, 0.717) is 31.7 Å². The Balaban J connectivity index is 2.68. The van der Waals surface area contributed by atoms with Gasteiger partial charge in [0.1, 0.15) is 17.8 Å². The number of carbonyl (C=O) groups excluding carboxylic acids is 2. The van der Waals surface area contributed by atoms with Gasteiger partial charge < -0.3 is 20.9 Å². The van der Waals surface area contributed by atoms with Gasteiger partial charge in [0, 0.05) is 23.9 Å². The first kappa shape index (κ1) is 22.8. The van der Waals surface area contributed by atoms with E-state index in [9.17, 15) is 9.59 Å². The molecule has 0 spiro atoms. The van der Waals surface area contributed by atoms with Crippen LogP contribution >= 0.6 is 0 Å². The normalized spacial score (nSPS) is 11.1. The third kappa shape index (κ3) is 9.28. The molecule has 0 saturated heterocycles. The van der Waals surface area contributed by atoms with Gasteiger partial charge in [-0.15, -0.1) is 0 Å². The lowest BCUT2D eigenvalue weighted by Crippen LogP contribution is -2.42. The van der Waals surface area contributed by atoms with E-state index in [1.165, 1.54) is 4.90 Å². The summed E-state index contributed by atoms with van der Waals surface area (Å²) in [7, 11) is 0. The summed E-state index contributed by atoms with van der Waals surface area (Å²) in [6.07, 6.45) is 2.59. The number of rotatable bonds is 9. The third-order valence-electron chi connectivity index (χ3n) is 3.84. The summed E-state index contributed by atoms with van der Waals surface area (Å²) < 4.78 is 10.6. The van der Waals surface area contributed by atoms with E-state index in [1.807, 2.05) is 25.1 Å². The maximum atomic E-state index is 12.5. The molecule has 0 unspecified atom stereocenters. The van der Waals surface area contributed by atoms with Gasteiger partial charge in [-0.3, -0.25) is 9.69 Å². The Morgan fingerprint density at radius 1 is 1.22 bits per heavy atom. The number of carbonyl (C=O) groups is 2. The number of nitrogen functional groups attached to an aromatic ring is 1. The second-order valence-corrected chi connectivity index (χ2v) is 7.61. The highest BCUT2D eigenvalue weighted by atomic mass is 16.6. The van der Waals surface area contributed by atoms with Crippen molar-refractivity contribution >= 4 is 23.4 Å². The minimum absolute atomic E-state index is 0.118. The summed E-state index contributed by atoms with van der Waals surface area (Å²) in [5, 5.41) is 0. The molecule has 0 heterocycles. The van der Waals surface area contributed by atoms with Crippen molar-refractivity contribution in [3.05, 3.63) is 23.8 Å². The van der Waals surface area contributed by atoms with E-state index in [2.05, 4.69) is 5.73 Å². The number of anilines is 1. The molecule has 1 rings (SSSR count). The number of nitrogens with two attached hydrogens (primary N) is 1. The van der Waals surface area contributed by atoms with E-state index in [4.69, 9.17) is 15.2 Å². The molecule has 152 valence electrons. The van der Waals surface area contributed by atoms with Gasteiger partial charge in [0.25, 0.3) is 0 Å². The number of hydrogen-bond donors (Lipinski definition) is 2. The molecule has 5 N–H and O–H groups in total. The van der Waals surface area contributed by atoms with Gasteiger partial charge in [0.15, 0.2) is 0 Å². The standard InChI is InChI=1S/C20H33N3O4/c1-5-6-12-26-18(24)14-23(19(25)27-20(2,3)4)11-7-8-15-13-16(21)9-10-17(15)22/h9-10,13H,5-8,11-12,14,21-22H2,1-4H3/p+1. The Labute approximate surface area is 162 Å². The van der Waals surface area contributed by atoms with E-state index in [-0.39, 0.29) is 6.54 Å². The number of hydrogen-bond acceptors (Lipinski definition) is 5. The molecule has 7 nitrogen and oxygen atoms in total. The molecule has 0 aliphatic heterocycles. The van der Waals surface area contributed by atoms with Crippen molar-refractivity contribution < 1.29 is 24.8 Å². The number of aryl methyl sites for hydroxylation is 1. The number of esters is 1. The molecular formula is C20H34N3O4+. The van der Waals surface area contributed by atoms with Crippen LogP contribution in [0.5, 0.6) is 0 Å². The van der Waals surface area contributed by atoms with Crippen LogP contribution in [0.4, 0.5) is 16.2 Å². The summed E-state index contributed by atoms with van der Waals surface area (Å²) >= 11 is 0. The zero-order valence-corrected chi connectivity index (χ0v) is 17.0. The van der Waals surface area contributed by atoms with Gasteiger partial charge >= 0.3 is 12.1 Å². The lowest BCUT2D eigenvalue weighted by atomic mass is 10.1. The van der Waals surface area contributed by atoms with Gasteiger partial charge in [-0.2, -0.15) is 0 Å². The molecule has 0 atom stereocenters. The fourth-order valence-electron chi connectivity index (χ4n) is 2.43. The third-order valence-corrected chi connectivity index (χ3v) is 3.84. The highest BCUT2D eigenvalue weighted by Gasteiger charge is 2.24. The summed E-state index contributed by atoms with van der Waals surface area (Å²) in [4.78, 5) is 25.9. The van der Waals surface area contributed by atoms with Crippen LogP contribution in [0.2, 0.25) is 0 Å². The van der Waals surface area contributed by atoms with Crippen molar-refractivity contribution in [2.75, 3.05) is 25.4 Å². The molecule has 0 aromatic heterocycles. The van der Waals surface area contributed by atoms with Gasteiger partial charge in [0.05, 0.1) is 6.61 Å². The summed E-state index contributed by atoms with van der Waals surface area (Å²) in [6, 6.07) is 5.58. The van der Waals surface area contributed by atoms with Crippen molar-refractivity contribution in [2.24, 2.45) is 0 Å². The lowest BCUT2D eigenvalue weighted by molar-refractivity contribution is -0.255. The number of quaternary nitrogens is 1. The molecule has 1 aromatic rings. The van der Waals surface area contributed by atoms with Gasteiger partial charge in [-0.25, -0.2) is 4.79 Å². The molecule has 0 radical (unpaired) electrons. The first-order valence-electron chi connectivity index (χ1n) is 9.46. The molecule has 0 aliphatic rings. The zero-order valence-electron chi connectivity index (χ0n) is 17.0. The van der Waals surface area contributed by atoms with Gasteiger partial charge in [-0.1, -0.05) is 13.3 Å². The Morgan fingerprint density at radius 2 is 1.93 bits per heavy atom. The Bertz CT molecular complexity index is 626. The smallest absolute Gasteiger partial charge is 0.410 e. The van der Waals surface area contributed by atoms with Crippen molar-refractivity contribution in [2.45, 2.75) is 59.0 Å².